The van der Waals surface area contributed by atoms with Gasteiger partial charge in [0.05, 0.1) is 11.0 Å². The highest BCUT2D eigenvalue weighted by Crippen LogP contribution is 2.35. The van der Waals surface area contributed by atoms with Crippen molar-refractivity contribution < 1.29 is 9.59 Å². The van der Waals surface area contributed by atoms with E-state index in [0.29, 0.717) is 54.9 Å². The summed E-state index contributed by atoms with van der Waals surface area (Å²) in [5, 5.41) is 0. The number of carbonyl (C=O) groups is 2. The molecule has 0 spiro atoms. The number of halogens is 1. The van der Waals surface area contributed by atoms with E-state index < -0.39 is 11.9 Å². The average Bonchev–Trinajstić information content (AvgIpc) is 3.34. The molecule has 1 saturated heterocycles. The zero-order valence-corrected chi connectivity index (χ0v) is 26.0. The number of imidazole rings is 1. The third-order valence-corrected chi connectivity index (χ3v) is 8.56. The van der Waals surface area contributed by atoms with Crippen molar-refractivity contribution in [3.05, 3.63) is 82.3 Å². The Kier molecular flexibility index (Phi) is 9.00. The minimum Gasteiger partial charge on any atom is -0.370 e. The van der Waals surface area contributed by atoms with E-state index in [1.165, 1.54) is 11.3 Å². The monoisotopic (exact) mass is 644 g/mol. The zero-order valence-electron chi connectivity index (χ0n) is 24.4. The lowest BCUT2D eigenvalue weighted by Crippen LogP contribution is -2.53. The topological polar surface area (TPSA) is 149 Å². The molecule has 1 fully saturated rings. The number of nitrogens with two attached hydrogens (primary N) is 3. The molecule has 11 heteroatoms. The first kappa shape index (κ1) is 30.1. The van der Waals surface area contributed by atoms with Crippen molar-refractivity contribution in [3.8, 4) is 11.4 Å². The highest BCUT2D eigenvalue weighted by molar-refractivity contribution is 9.10. The van der Waals surface area contributed by atoms with E-state index in [-0.39, 0.29) is 17.9 Å². The number of hydrogen-bond donors (Lipinski definition) is 3. The Labute approximate surface area is 259 Å². The van der Waals surface area contributed by atoms with Crippen molar-refractivity contribution in [2.24, 2.45) is 22.2 Å². The normalized spacial score (nSPS) is 15.8. The first-order valence-electron chi connectivity index (χ1n) is 14.4. The fraction of sp³-hybridized carbons (Fsp3) is 0.312. The van der Waals surface area contributed by atoms with Crippen molar-refractivity contribution in [1.29, 1.82) is 0 Å². The summed E-state index contributed by atoms with van der Waals surface area (Å²) >= 11 is 3.63. The van der Waals surface area contributed by atoms with Crippen LogP contribution in [0.15, 0.2) is 76.2 Å². The molecule has 1 aliphatic heterocycles. The van der Waals surface area contributed by atoms with Gasteiger partial charge in [-0.25, -0.2) is 4.98 Å². The second-order valence-electron chi connectivity index (χ2n) is 11.0. The van der Waals surface area contributed by atoms with Crippen LogP contribution < -0.4 is 22.1 Å². The van der Waals surface area contributed by atoms with Crippen LogP contribution >= 0.6 is 15.9 Å². The van der Waals surface area contributed by atoms with Gasteiger partial charge in [0, 0.05) is 53.5 Å². The Bertz CT molecular complexity index is 1680. The molecule has 2 amide bonds. The summed E-state index contributed by atoms with van der Waals surface area (Å²) in [6.07, 6.45) is 0.961. The van der Waals surface area contributed by atoms with Gasteiger partial charge in [0.1, 0.15) is 11.9 Å². The quantitative estimate of drug-likeness (QED) is 0.141. The van der Waals surface area contributed by atoms with Gasteiger partial charge >= 0.3 is 0 Å². The Morgan fingerprint density at radius 1 is 1.05 bits per heavy atom. The fourth-order valence-electron chi connectivity index (χ4n) is 5.79. The summed E-state index contributed by atoms with van der Waals surface area (Å²) in [6, 6.07) is 21.1. The lowest BCUT2D eigenvalue weighted by molar-refractivity contribution is -0.121. The average molecular weight is 646 g/mol. The minimum absolute atomic E-state index is 0.000720. The third-order valence-electron chi connectivity index (χ3n) is 7.87. The predicted octanol–water partition coefficient (Wildman–Crippen LogP) is 4.21. The molecule has 0 saturated carbocycles. The van der Waals surface area contributed by atoms with Gasteiger partial charge < -0.3 is 31.6 Å². The van der Waals surface area contributed by atoms with Crippen LogP contribution in [0, 0.1) is 6.92 Å². The van der Waals surface area contributed by atoms with Gasteiger partial charge in [-0.1, -0.05) is 46.3 Å². The Hall–Kier alpha value is -4.38. The number of aryl methyl sites for hydroxylation is 1. The van der Waals surface area contributed by atoms with Gasteiger partial charge in [-0.3, -0.25) is 14.6 Å². The molecule has 2 atom stereocenters. The molecule has 3 aromatic carbocycles. The zero-order chi connectivity index (χ0) is 30.7. The lowest BCUT2D eigenvalue weighted by Gasteiger charge is -2.41. The van der Waals surface area contributed by atoms with Gasteiger partial charge in [-0.2, -0.15) is 0 Å². The van der Waals surface area contributed by atoms with Gasteiger partial charge in [0.25, 0.3) is 5.91 Å². The highest BCUT2D eigenvalue weighted by atomic mass is 79.9. The standard InChI is InChI=1S/C32H37BrN8O2/c1-20-7-5-8-23(17-20)40-16-15-39(19-21(40)2)31(43)22-12-13-27-26(18-22)38-30(24-9-3-4-10-25(24)33)41(27)28(29(34)42)11-6-14-37-32(35)36/h3-5,7-10,12-13,17-18,21,28H,6,11,14-16,19H2,1-2H3,(H2,34,42)(H4,35,36,37). The minimum atomic E-state index is -0.696. The van der Waals surface area contributed by atoms with E-state index in [0.717, 1.165) is 16.6 Å². The molecule has 5 rings (SSSR count). The molecular weight excluding hydrogens is 608 g/mol. The number of amides is 2. The Balaban J connectivity index is 1.46. The summed E-state index contributed by atoms with van der Waals surface area (Å²) in [6.45, 7) is 6.59. The molecule has 0 radical (unpaired) electrons. The molecule has 4 aromatic rings. The van der Waals surface area contributed by atoms with Crippen LogP contribution in [0.4, 0.5) is 5.69 Å². The van der Waals surface area contributed by atoms with Crippen LogP contribution in [-0.4, -0.2) is 64.4 Å². The van der Waals surface area contributed by atoms with E-state index in [9.17, 15) is 9.59 Å². The van der Waals surface area contributed by atoms with E-state index in [4.69, 9.17) is 22.2 Å². The number of fused-ring (bicyclic) bond motifs is 1. The summed E-state index contributed by atoms with van der Waals surface area (Å²) < 4.78 is 2.69. The molecule has 6 N–H and O–H groups in total. The van der Waals surface area contributed by atoms with Crippen LogP contribution in [0.5, 0.6) is 0 Å². The second-order valence-corrected chi connectivity index (χ2v) is 11.8. The summed E-state index contributed by atoms with van der Waals surface area (Å²) in [4.78, 5) is 39.8. The maximum Gasteiger partial charge on any atom is 0.254 e. The van der Waals surface area contributed by atoms with E-state index in [1.54, 1.807) is 0 Å². The van der Waals surface area contributed by atoms with E-state index >= 15 is 0 Å². The van der Waals surface area contributed by atoms with Crippen molar-refractivity contribution >= 4 is 50.4 Å². The molecule has 1 aliphatic rings. The number of anilines is 1. The van der Waals surface area contributed by atoms with Crippen LogP contribution in [-0.2, 0) is 4.79 Å². The van der Waals surface area contributed by atoms with Crippen molar-refractivity contribution in [2.75, 3.05) is 31.1 Å². The molecule has 0 aliphatic carbocycles. The SMILES string of the molecule is Cc1cccc(N2CCN(C(=O)c3ccc4c(c3)nc(-c3ccccc3Br)n4C(CCCN=C(N)N)C(N)=O)CC2C)c1. The van der Waals surface area contributed by atoms with Gasteiger partial charge in [0.15, 0.2) is 5.96 Å². The Morgan fingerprint density at radius 2 is 1.84 bits per heavy atom. The molecule has 1 aromatic heterocycles. The summed E-state index contributed by atoms with van der Waals surface area (Å²) in [5.74, 6) is 0.0510. The van der Waals surface area contributed by atoms with Crippen LogP contribution in [0.1, 0.15) is 41.7 Å². The predicted molar refractivity (Wildman–Crippen MR) is 175 cm³/mol. The first-order chi connectivity index (χ1) is 20.6. The van der Waals surface area contributed by atoms with Crippen molar-refractivity contribution in [1.82, 2.24) is 14.5 Å². The molecule has 2 unspecified atom stereocenters. The molecule has 43 heavy (non-hydrogen) atoms. The number of carbonyl (C=O) groups excluding carboxylic acids is 2. The molecule has 2 heterocycles. The van der Waals surface area contributed by atoms with Gasteiger partial charge in [-0.05, 0) is 68.7 Å². The Morgan fingerprint density at radius 3 is 2.53 bits per heavy atom. The van der Waals surface area contributed by atoms with E-state index in [2.05, 4.69) is 63.9 Å². The number of guanidine groups is 1. The first-order valence-corrected chi connectivity index (χ1v) is 15.2. The number of primary amides is 1. The van der Waals surface area contributed by atoms with Gasteiger partial charge in [0.2, 0.25) is 5.91 Å². The number of aromatic nitrogens is 2. The number of aliphatic imine (C=N–C) groups is 1. The number of hydrogen-bond acceptors (Lipinski definition) is 5. The number of rotatable bonds is 9. The third kappa shape index (κ3) is 6.51. The number of benzene rings is 3. The smallest absolute Gasteiger partial charge is 0.254 e. The summed E-state index contributed by atoms with van der Waals surface area (Å²) in [7, 11) is 0. The van der Waals surface area contributed by atoms with Crippen molar-refractivity contribution in [2.45, 2.75) is 38.8 Å². The van der Waals surface area contributed by atoms with Crippen LogP contribution in [0.2, 0.25) is 0 Å². The van der Waals surface area contributed by atoms with Gasteiger partial charge in [-0.15, -0.1) is 0 Å². The maximum atomic E-state index is 13.7. The second kappa shape index (κ2) is 12.9. The number of piperazine rings is 1. The fourth-order valence-corrected chi connectivity index (χ4v) is 6.25. The molecule has 224 valence electrons. The number of nitrogens with zero attached hydrogens (tertiary/aromatic N) is 5. The summed E-state index contributed by atoms with van der Waals surface area (Å²) in [5.41, 5.74) is 22.0. The maximum absolute atomic E-state index is 13.7. The van der Waals surface area contributed by atoms with Crippen molar-refractivity contribution in [3.63, 3.8) is 0 Å². The molecule has 0 bridgehead atoms. The highest BCUT2D eigenvalue weighted by Gasteiger charge is 2.29. The van der Waals surface area contributed by atoms with E-state index in [1.807, 2.05) is 51.9 Å². The van der Waals surface area contributed by atoms with Crippen LogP contribution in [0.3, 0.4) is 0 Å². The largest absolute Gasteiger partial charge is 0.370 e. The molecular formula is C32H37BrN8O2. The van der Waals surface area contributed by atoms with Crippen LogP contribution in [0.25, 0.3) is 22.4 Å². The lowest BCUT2D eigenvalue weighted by atomic mass is 10.1. The molecule has 10 nitrogen and oxygen atoms in total.